The fraction of sp³-hybridized carbons (Fsp3) is 0.435. The first-order valence-electron chi connectivity index (χ1n) is 10.9. The number of hydrogen-bond acceptors (Lipinski definition) is 4. The highest BCUT2D eigenvalue weighted by molar-refractivity contribution is 7.89. The number of aliphatic hydroxyl groups excluding tert-OH is 1. The number of nitrogens with zero attached hydrogens (tertiary/aromatic N) is 1. The first kappa shape index (κ1) is 26.5. The highest BCUT2D eigenvalue weighted by Crippen LogP contribution is 2.32. The number of alkyl halides is 1. The average molecular weight is 519 g/mol. The van der Waals surface area contributed by atoms with Gasteiger partial charge in [0.25, 0.3) is 5.91 Å². The zero-order valence-electron chi connectivity index (χ0n) is 18.5. The number of nitrogens with one attached hydrogen (secondary N) is 1. The third-order valence-corrected chi connectivity index (χ3v) is 7.96. The van der Waals surface area contributed by atoms with E-state index in [-0.39, 0.29) is 23.3 Å². The van der Waals surface area contributed by atoms with Crippen molar-refractivity contribution in [3.63, 3.8) is 0 Å². The van der Waals surface area contributed by atoms with Crippen LogP contribution < -0.4 is 5.32 Å². The predicted molar refractivity (Wildman–Crippen MR) is 122 cm³/mol. The lowest BCUT2D eigenvalue weighted by Crippen LogP contribution is -2.46. The molecule has 1 fully saturated rings. The van der Waals surface area contributed by atoms with Crippen LogP contribution in [0.15, 0.2) is 41.3 Å². The zero-order valence-corrected chi connectivity index (χ0v) is 20.1. The van der Waals surface area contributed by atoms with Crippen molar-refractivity contribution in [1.29, 1.82) is 0 Å². The van der Waals surface area contributed by atoms with Gasteiger partial charge in [0.1, 0.15) is 6.17 Å². The standard InChI is InChI=1S/C23H26ClF3N2O4S/c1-14(13-30)28-23(31)18-11-6-15(21(26)22(18)27)12-29(20-5-3-2-4-19(20)25)34(32,33)17-9-7-16(24)8-10-17/h6-11,14,19-20,30H,2-5,12-13H2,1H3,(H,28,31)/t14-,19?,20?/m0/s1. The summed E-state index contributed by atoms with van der Waals surface area (Å²) >= 11 is 5.86. The van der Waals surface area contributed by atoms with Crippen molar-refractivity contribution >= 4 is 27.5 Å². The molecule has 1 aliphatic rings. The normalized spacial score (nSPS) is 19.7. The summed E-state index contributed by atoms with van der Waals surface area (Å²) in [6, 6.07) is 5.71. The fourth-order valence-corrected chi connectivity index (χ4v) is 5.69. The molecule has 0 aromatic heterocycles. The van der Waals surface area contributed by atoms with Crippen molar-refractivity contribution < 1.29 is 31.5 Å². The van der Waals surface area contributed by atoms with Gasteiger partial charge < -0.3 is 10.4 Å². The van der Waals surface area contributed by atoms with E-state index in [9.17, 15) is 26.4 Å². The molecular weight excluding hydrogens is 493 g/mol. The molecule has 2 aromatic carbocycles. The summed E-state index contributed by atoms with van der Waals surface area (Å²) in [5.41, 5.74) is -0.922. The Morgan fingerprint density at radius 3 is 2.41 bits per heavy atom. The van der Waals surface area contributed by atoms with Crippen LogP contribution in [0, 0.1) is 11.6 Å². The van der Waals surface area contributed by atoms with Gasteiger partial charge in [-0.25, -0.2) is 21.6 Å². The summed E-state index contributed by atoms with van der Waals surface area (Å²) in [6.45, 7) is 0.475. The molecule has 0 radical (unpaired) electrons. The number of hydrogen-bond donors (Lipinski definition) is 2. The minimum atomic E-state index is -4.29. The largest absolute Gasteiger partial charge is 0.394 e. The van der Waals surface area contributed by atoms with Gasteiger partial charge in [-0.3, -0.25) is 4.79 Å². The van der Waals surface area contributed by atoms with Gasteiger partial charge >= 0.3 is 0 Å². The lowest BCUT2D eigenvalue weighted by atomic mass is 9.93. The van der Waals surface area contributed by atoms with Crippen molar-refractivity contribution in [2.24, 2.45) is 0 Å². The van der Waals surface area contributed by atoms with E-state index in [1.165, 1.54) is 31.2 Å². The molecule has 0 aliphatic heterocycles. The Kier molecular flexibility index (Phi) is 8.62. The summed E-state index contributed by atoms with van der Waals surface area (Å²) in [7, 11) is -4.29. The van der Waals surface area contributed by atoms with Crippen LogP contribution in [-0.2, 0) is 16.6 Å². The van der Waals surface area contributed by atoms with Crippen molar-refractivity contribution in [3.8, 4) is 0 Å². The van der Waals surface area contributed by atoms with Gasteiger partial charge in [-0.1, -0.05) is 30.5 Å². The minimum absolute atomic E-state index is 0.149. The second-order valence-corrected chi connectivity index (χ2v) is 10.7. The smallest absolute Gasteiger partial charge is 0.254 e. The van der Waals surface area contributed by atoms with Gasteiger partial charge in [0.05, 0.1) is 23.1 Å². The van der Waals surface area contributed by atoms with E-state index in [0.29, 0.717) is 17.9 Å². The van der Waals surface area contributed by atoms with Crippen LogP contribution in [-0.4, -0.2) is 48.6 Å². The number of carbonyl (C=O) groups is 1. The molecule has 0 bridgehead atoms. The van der Waals surface area contributed by atoms with E-state index in [4.69, 9.17) is 16.7 Å². The maximum atomic E-state index is 15.0. The van der Waals surface area contributed by atoms with E-state index in [1.54, 1.807) is 0 Å². The number of halogens is 4. The van der Waals surface area contributed by atoms with E-state index in [1.807, 2.05) is 0 Å². The van der Waals surface area contributed by atoms with Crippen LogP contribution in [0.3, 0.4) is 0 Å². The molecule has 1 amide bonds. The first-order valence-corrected chi connectivity index (χ1v) is 12.7. The van der Waals surface area contributed by atoms with Gasteiger partial charge in [-0.15, -0.1) is 0 Å². The lowest BCUT2D eigenvalue weighted by Gasteiger charge is -2.35. The van der Waals surface area contributed by atoms with Crippen LogP contribution in [0.2, 0.25) is 5.02 Å². The third-order valence-electron chi connectivity index (χ3n) is 5.82. The van der Waals surface area contributed by atoms with E-state index >= 15 is 0 Å². The van der Waals surface area contributed by atoms with Crippen LogP contribution >= 0.6 is 11.6 Å². The van der Waals surface area contributed by atoms with E-state index < -0.39 is 64.5 Å². The molecule has 0 saturated heterocycles. The molecule has 0 heterocycles. The molecule has 3 atom stereocenters. The van der Waals surface area contributed by atoms with E-state index in [0.717, 1.165) is 16.4 Å². The van der Waals surface area contributed by atoms with Crippen molar-refractivity contribution in [3.05, 3.63) is 64.2 Å². The Bertz CT molecular complexity index is 1130. The molecule has 2 N–H and O–H groups in total. The second kappa shape index (κ2) is 11.1. The Labute approximate surface area is 201 Å². The molecule has 1 saturated carbocycles. The highest BCUT2D eigenvalue weighted by Gasteiger charge is 2.38. The van der Waals surface area contributed by atoms with Crippen molar-refractivity contribution in [2.45, 2.75) is 62.3 Å². The number of amides is 1. The van der Waals surface area contributed by atoms with E-state index in [2.05, 4.69) is 5.32 Å². The Balaban J connectivity index is 1.99. The summed E-state index contributed by atoms with van der Waals surface area (Å²) < 4.78 is 72.3. The molecule has 34 heavy (non-hydrogen) atoms. The van der Waals surface area contributed by atoms with Crippen LogP contribution in [0.25, 0.3) is 0 Å². The number of rotatable bonds is 8. The SMILES string of the molecule is C[C@@H](CO)NC(=O)c1ccc(CN(C2CCCCC2F)S(=O)(=O)c2ccc(Cl)cc2)c(F)c1F. The van der Waals surface area contributed by atoms with Crippen LogP contribution in [0.4, 0.5) is 13.2 Å². The third kappa shape index (κ3) is 5.73. The molecule has 186 valence electrons. The summed E-state index contributed by atoms with van der Waals surface area (Å²) in [6.07, 6.45) is 0.129. The molecular formula is C23H26ClF3N2O4S. The Morgan fingerprint density at radius 2 is 1.79 bits per heavy atom. The number of sulfonamides is 1. The predicted octanol–water partition coefficient (Wildman–Crippen LogP) is 4.20. The molecule has 1 aliphatic carbocycles. The summed E-state index contributed by atoms with van der Waals surface area (Å²) in [4.78, 5) is 12.0. The van der Waals surface area contributed by atoms with Crippen LogP contribution in [0.1, 0.15) is 48.5 Å². The quantitative estimate of drug-likeness (QED) is 0.548. The second-order valence-electron chi connectivity index (χ2n) is 8.33. The van der Waals surface area contributed by atoms with Gasteiger partial charge in [-0.2, -0.15) is 4.31 Å². The molecule has 11 heteroatoms. The van der Waals surface area contributed by atoms with Gasteiger partial charge in [0.15, 0.2) is 11.6 Å². The zero-order chi connectivity index (χ0) is 25.0. The molecule has 2 aromatic rings. The van der Waals surface area contributed by atoms with Gasteiger partial charge in [0, 0.05) is 23.2 Å². The lowest BCUT2D eigenvalue weighted by molar-refractivity contribution is 0.0917. The molecule has 6 nitrogen and oxygen atoms in total. The maximum Gasteiger partial charge on any atom is 0.254 e. The Hall–Kier alpha value is -2.14. The molecule has 2 unspecified atom stereocenters. The maximum absolute atomic E-state index is 15.0. The van der Waals surface area contributed by atoms with Crippen molar-refractivity contribution in [2.75, 3.05) is 6.61 Å². The minimum Gasteiger partial charge on any atom is -0.394 e. The number of carbonyl (C=O) groups excluding carboxylic acids is 1. The summed E-state index contributed by atoms with van der Waals surface area (Å²) in [5.74, 6) is -3.78. The number of benzene rings is 2. The summed E-state index contributed by atoms with van der Waals surface area (Å²) in [5, 5.41) is 11.7. The van der Waals surface area contributed by atoms with Crippen molar-refractivity contribution in [1.82, 2.24) is 9.62 Å². The van der Waals surface area contributed by atoms with Gasteiger partial charge in [0.2, 0.25) is 10.0 Å². The average Bonchev–Trinajstić information content (AvgIpc) is 2.80. The Morgan fingerprint density at radius 1 is 1.15 bits per heavy atom. The highest BCUT2D eigenvalue weighted by atomic mass is 35.5. The molecule has 3 rings (SSSR count). The molecule has 0 spiro atoms. The van der Waals surface area contributed by atoms with Gasteiger partial charge in [-0.05, 0) is 50.1 Å². The first-order chi connectivity index (χ1) is 16.1. The fourth-order valence-electron chi connectivity index (χ4n) is 3.91. The topological polar surface area (TPSA) is 86.7 Å². The number of aliphatic hydroxyl groups is 1. The monoisotopic (exact) mass is 518 g/mol. The van der Waals surface area contributed by atoms with Crippen LogP contribution in [0.5, 0.6) is 0 Å².